The van der Waals surface area contributed by atoms with Crippen LogP contribution in [0.5, 0.6) is 0 Å². The van der Waals surface area contributed by atoms with E-state index < -0.39 is 15.4 Å². The van der Waals surface area contributed by atoms with Gasteiger partial charge in [0.1, 0.15) is 5.76 Å². The minimum absolute atomic E-state index is 0.396. The third-order valence-corrected chi connectivity index (χ3v) is 6.38. The first-order valence-electron chi connectivity index (χ1n) is 8.54. The largest absolute Gasteiger partial charge is 0.467 e. The molecule has 1 N–H and O–H groups in total. The molecule has 0 aromatic carbocycles. The summed E-state index contributed by atoms with van der Waals surface area (Å²) in [6.45, 7) is 4.24. The average molecular weight is 378 g/mol. The lowest BCUT2D eigenvalue weighted by molar-refractivity contribution is 0.0527. The SMILES string of the molecule is Cc1nc(NCc2ccco2)nc2c1COCC21CCN(S(C)(=O)=O)C1. The van der Waals surface area contributed by atoms with Crippen LogP contribution in [0.4, 0.5) is 5.95 Å². The number of fused-ring (bicyclic) bond motifs is 2. The van der Waals surface area contributed by atoms with Crippen molar-refractivity contribution in [3.63, 3.8) is 0 Å². The molecule has 2 aromatic rings. The predicted octanol–water partition coefficient (Wildman–Crippen LogP) is 1.42. The number of aromatic nitrogens is 2. The summed E-state index contributed by atoms with van der Waals surface area (Å²) < 4.78 is 36.6. The van der Waals surface area contributed by atoms with E-state index in [0.29, 0.717) is 45.2 Å². The van der Waals surface area contributed by atoms with E-state index in [1.165, 1.54) is 10.6 Å². The Balaban J connectivity index is 1.66. The fourth-order valence-electron chi connectivity index (χ4n) is 3.71. The number of hydrogen-bond donors (Lipinski definition) is 1. The van der Waals surface area contributed by atoms with Gasteiger partial charge < -0.3 is 14.5 Å². The highest BCUT2D eigenvalue weighted by Gasteiger charge is 2.47. The highest BCUT2D eigenvalue weighted by atomic mass is 32.2. The van der Waals surface area contributed by atoms with Crippen LogP contribution in [0.25, 0.3) is 0 Å². The van der Waals surface area contributed by atoms with Gasteiger partial charge in [-0.25, -0.2) is 22.7 Å². The Hall–Kier alpha value is -1.97. The summed E-state index contributed by atoms with van der Waals surface area (Å²) in [6.07, 6.45) is 3.57. The third-order valence-electron chi connectivity index (χ3n) is 5.13. The van der Waals surface area contributed by atoms with Gasteiger partial charge in [-0.2, -0.15) is 0 Å². The third kappa shape index (κ3) is 3.10. The van der Waals surface area contributed by atoms with Gasteiger partial charge in [-0.05, 0) is 25.5 Å². The molecule has 0 saturated carbocycles. The lowest BCUT2D eigenvalue weighted by Gasteiger charge is -2.35. The Morgan fingerprint density at radius 3 is 2.92 bits per heavy atom. The second-order valence-corrected chi connectivity index (χ2v) is 8.99. The van der Waals surface area contributed by atoms with Crippen molar-refractivity contribution >= 4 is 16.0 Å². The first-order chi connectivity index (χ1) is 12.4. The van der Waals surface area contributed by atoms with Crippen molar-refractivity contribution in [1.29, 1.82) is 0 Å². The molecule has 1 spiro atoms. The summed E-state index contributed by atoms with van der Waals surface area (Å²) in [7, 11) is -3.23. The zero-order valence-electron chi connectivity index (χ0n) is 14.9. The molecule has 0 radical (unpaired) electrons. The Morgan fingerprint density at radius 1 is 1.38 bits per heavy atom. The van der Waals surface area contributed by atoms with Crippen LogP contribution in [0.3, 0.4) is 0 Å². The van der Waals surface area contributed by atoms with E-state index in [1.54, 1.807) is 6.26 Å². The molecule has 0 amide bonds. The summed E-state index contributed by atoms with van der Waals surface area (Å²) in [6, 6.07) is 3.72. The highest BCUT2D eigenvalue weighted by molar-refractivity contribution is 7.88. The molecule has 1 atom stereocenters. The number of ether oxygens (including phenoxy) is 1. The summed E-state index contributed by atoms with van der Waals surface area (Å²) in [4.78, 5) is 9.29. The van der Waals surface area contributed by atoms with Crippen molar-refractivity contribution in [1.82, 2.24) is 14.3 Å². The van der Waals surface area contributed by atoms with Gasteiger partial charge in [0.25, 0.3) is 0 Å². The number of anilines is 1. The molecule has 2 aromatic heterocycles. The monoisotopic (exact) mass is 378 g/mol. The van der Waals surface area contributed by atoms with Gasteiger partial charge in [0.2, 0.25) is 16.0 Å². The second-order valence-electron chi connectivity index (χ2n) is 7.01. The Kier molecular flexibility index (Phi) is 4.25. The van der Waals surface area contributed by atoms with E-state index >= 15 is 0 Å². The van der Waals surface area contributed by atoms with Crippen molar-refractivity contribution in [3.05, 3.63) is 41.1 Å². The predicted molar refractivity (Wildman–Crippen MR) is 95.2 cm³/mol. The molecule has 0 aliphatic carbocycles. The van der Waals surface area contributed by atoms with Crippen molar-refractivity contribution < 1.29 is 17.6 Å². The Morgan fingerprint density at radius 2 is 2.23 bits per heavy atom. The molecule has 0 bridgehead atoms. The van der Waals surface area contributed by atoms with Gasteiger partial charge in [-0.3, -0.25) is 0 Å². The number of furan rings is 1. The molecule has 2 aliphatic rings. The molecule has 1 saturated heterocycles. The molecule has 140 valence electrons. The lowest BCUT2D eigenvalue weighted by atomic mass is 9.80. The number of nitrogens with zero attached hydrogens (tertiary/aromatic N) is 3. The zero-order chi connectivity index (χ0) is 18.4. The fraction of sp³-hybridized carbons (Fsp3) is 0.529. The van der Waals surface area contributed by atoms with Crippen molar-refractivity contribution in [2.45, 2.75) is 31.9 Å². The minimum atomic E-state index is -3.23. The fourth-order valence-corrected chi connectivity index (χ4v) is 4.62. The number of nitrogens with one attached hydrogen (secondary N) is 1. The molecular formula is C17H22N4O4S. The van der Waals surface area contributed by atoms with Crippen molar-refractivity contribution in [3.8, 4) is 0 Å². The standard InChI is InChI=1S/C17H22N4O4S/c1-12-14-9-24-11-17(5-6-21(10-17)26(2,22)23)15(14)20-16(19-12)18-8-13-4-3-7-25-13/h3-4,7H,5-6,8-11H2,1-2H3,(H,18,19,20). The average Bonchev–Trinajstić information content (AvgIpc) is 3.24. The smallest absolute Gasteiger partial charge is 0.223 e. The maximum Gasteiger partial charge on any atom is 0.223 e. The molecule has 9 heteroatoms. The topological polar surface area (TPSA) is 97.6 Å². The van der Waals surface area contributed by atoms with Crippen molar-refractivity contribution in [2.24, 2.45) is 0 Å². The number of sulfonamides is 1. The molecule has 1 fully saturated rings. The summed E-state index contributed by atoms with van der Waals surface area (Å²) in [5.74, 6) is 1.32. The number of hydrogen-bond acceptors (Lipinski definition) is 7. The lowest BCUT2D eigenvalue weighted by Crippen LogP contribution is -2.42. The molecule has 8 nitrogen and oxygen atoms in total. The van der Waals surface area contributed by atoms with E-state index in [2.05, 4.69) is 10.3 Å². The van der Waals surface area contributed by atoms with Gasteiger partial charge in [0, 0.05) is 24.3 Å². The maximum atomic E-state index is 12.0. The van der Waals surface area contributed by atoms with E-state index in [4.69, 9.17) is 14.1 Å². The maximum absolute atomic E-state index is 12.0. The summed E-state index contributed by atoms with van der Waals surface area (Å²) in [5.41, 5.74) is 2.32. The van der Waals surface area contributed by atoms with Crippen LogP contribution in [0.15, 0.2) is 22.8 Å². The van der Waals surface area contributed by atoms with Crippen LogP contribution < -0.4 is 5.32 Å². The molecule has 26 heavy (non-hydrogen) atoms. The van der Waals surface area contributed by atoms with Gasteiger partial charge in [0.05, 0.1) is 43.4 Å². The Labute approximate surface area is 152 Å². The second kappa shape index (κ2) is 6.33. The van der Waals surface area contributed by atoms with E-state index in [9.17, 15) is 8.42 Å². The van der Waals surface area contributed by atoms with Crippen LogP contribution >= 0.6 is 0 Å². The van der Waals surface area contributed by atoms with Crippen LogP contribution in [0, 0.1) is 6.92 Å². The van der Waals surface area contributed by atoms with Crippen LogP contribution in [0.1, 0.15) is 29.1 Å². The quantitative estimate of drug-likeness (QED) is 0.859. The molecule has 4 rings (SSSR count). The zero-order valence-corrected chi connectivity index (χ0v) is 15.7. The van der Waals surface area contributed by atoms with Crippen LogP contribution in [-0.4, -0.2) is 48.6 Å². The summed E-state index contributed by atoms with van der Waals surface area (Å²) >= 11 is 0. The molecular weight excluding hydrogens is 356 g/mol. The van der Waals surface area contributed by atoms with Gasteiger partial charge in [-0.1, -0.05) is 0 Å². The van der Waals surface area contributed by atoms with E-state index in [-0.39, 0.29) is 0 Å². The van der Waals surface area contributed by atoms with E-state index in [1.807, 2.05) is 19.1 Å². The molecule has 4 heterocycles. The first kappa shape index (κ1) is 17.4. The molecule has 2 aliphatic heterocycles. The Bertz CT molecular complexity index is 913. The number of rotatable bonds is 4. The minimum Gasteiger partial charge on any atom is -0.467 e. The van der Waals surface area contributed by atoms with E-state index in [0.717, 1.165) is 22.7 Å². The van der Waals surface area contributed by atoms with Gasteiger partial charge >= 0.3 is 0 Å². The summed E-state index contributed by atoms with van der Waals surface area (Å²) in [5, 5.41) is 3.20. The number of aryl methyl sites for hydroxylation is 1. The van der Waals surface area contributed by atoms with Crippen molar-refractivity contribution in [2.75, 3.05) is 31.3 Å². The first-order valence-corrected chi connectivity index (χ1v) is 10.4. The highest BCUT2D eigenvalue weighted by Crippen LogP contribution is 2.40. The van der Waals surface area contributed by atoms with Crippen LogP contribution in [0.2, 0.25) is 0 Å². The van der Waals surface area contributed by atoms with Gasteiger partial charge in [-0.15, -0.1) is 0 Å². The molecule has 1 unspecified atom stereocenters. The normalized spacial score (nSPS) is 23.3. The van der Waals surface area contributed by atoms with Crippen LogP contribution in [-0.2, 0) is 33.3 Å². The van der Waals surface area contributed by atoms with Gasteiger partial charge in [0.15, 0.2) is 0 Å².